The Hall–Kier alpha value is 1.50. The first-order chi connectivity index (χ1) is 13.8. The molecule has 0 saturated carbocycles. The number of thiol groups is 2. The fourth-order valence-corrected chi connectivity index (χ4v) is 3.65. The molecule has 0 aromatic carbocycles. The molecule has 0 aromatic heterocycles. The van der Waals surface area contributed by atoms with E-state index >= 15 is 0 Å². The first kappa shape index (κ1) is 34.1. The van der Waals surface area contributed by atoms with Gasteiger partial charge >= 0.3 is 27.5 Å². The topological polar surface area (TPSA) is 0 Å². The number of hydrogen-bond acceptors (Lipinski definition) is 2. The van der Waals surface area contributed by atoms with E-state index in [0.29, 0.717) is 0 Å². The molecule has 0 bridgehead atoms. The Morgan fingerprint density at radius 2 is 0.536 bits per heavy atom. The summed E-state index contributed by atoms with van der Waals surface area (Å²) in [7, 11) is 0. The van der Waals surface area contributed by atoms with Gasteiger partial charge in [0.1, 0.15) is 0 Å². The molecule has 0 amide bonds. The fourth-order valence-electron chi connectivity index (χ4n) is 3.20. The molecule has 0 unspecified atom stereocenters. The van der Waals surface area contributed by atoms with E-state index < -0.39 is 0 Å². The Bertz CT molecular complexity index is 171. The summed E-state index contributed by atoms with van der Waals surface area (Å²) >= 11 is 9.75. The van der Waals surface area contributed by atoms with Gasteiger partial charge in [0.05, 0.1) is 0 Å². The molecule has 28 heavy (non-hydrogen) atoms. The van der Waals surface area contributed by atoms with E-state index in [1.54, 1.807) is 0 Å². The molecule has 0 aliphatic heterocycles. The van der Waals surface area contributed by atoms with Crippen molar-refractivity contribution in [3.05, 3.63) is 0 Å². The van der Waals surface area contributed by atoms with E-state index in [2.05, 4.69) is 44.0 Å². The van der Waals surface area contributed by atoms with Crippen molar-refractivity contribution in [3.8, 4) is 0 Å². The van der Waals surface area contributed by atoms with Crippen molar-refractivity contribution in [3.63, 3.8) is 0 Å². The zero-order valence-corrected chi connectivity index (χ0v) is 25.1. The van der Waals surface area contributed by atoms with Crippen LogP contribution in [0.5, 0.6) is 0 Å². The Kier molecular flexibility index (Phi) is 47.6. The monoisotopic (exact) mass is 540 g/mol. The predicted octanol–water partition coefficient (Wildman–Crippen LogP) is 9.61. The van der Waals surface area contributed by atoms with Gasteiger partial charge < -0.3 is 0 Å². The van der Waals surface area contributed by atoms with E-state index in [-0.39, 0.29) is 0 Å². The van der Waals surface area contributed by atoms with Gasteiger partial charge in [0, 0.05) is 0 Å². The van der Waals surface area contributed by atoms with Crippen LogP contribution in [-0.4, -0.2) is 34.0 Å². The summed E-state index contributed by atoms with van der Waals surface area (Å²) in [5.74, 6) is 2.13. The van der Waals surface area contributed by atoms with Crippen LogP contribution in [-0.2, 0) is 0 Å². The Balaban J connectivity index is -0.000000410. The quantitative estimate of drug-likeness (QED) is 0.0859. The Morgan fingerprint density at radius 3 is 0.714 bits per heavy atom. The summed E-state index contributed by atoms with van der Waals surface area (Å²) < 4.78 is 0. The third-order valence-electron chi connectivity index (χ3n) is 5.02. The second-order valence-electron chi connectivity index (χ2n) is 7.81. The van der Waals surface area contributed by atoms with Gasteiger partial charge in [0.15, 0.2) is 0 Å². The van der Waals surface area contributed by atoms with Crippen molar-refractivity contribution in [2.24, 2.45) is 0 Å². The van der Waals surface area contributed by atoms with E-state index in [4.69, 9.17) is 0 Å². The molecule has 0 aromatic rings. The summed E-state index contributed by atoms with van der Waals surface area (Å²) in [5, 5.41) is 0. The van der Waals surface area contributed by atoms with Crippen molar-refractivity contribution in [1.82, 2.24) is 0 Å². The second kappa shape index (κ2) is 39.0. The molecule has 0 atom stereocenters. The van der Waals surface area contributed by atoms with Gasteiger partial charge in [0.2, 0.25) is 0 Å². The predicted molar refractivity (Wildman–Crippen MR) is 144 cm³/mol. The zero-order chi connectivity index (χ0) is 21.6. The molecule has 0 aliphatic carbocycles. The molecule has 2 radical (unpaired) electrons. The van der Waals surface area contributed by atoms with Crippen LogP contribution < -0.4 is 0 Å². The molecule has 0 spiro atoms. The van der Waals surface area contributed by atoms with Gasteiger partial charge in [-0.25, -0.2) is 0 Å². The van der Waals surface area contributed by atoms with E-state index in [0.717, 1.165) is 11.5 Å². The van der Waals surface area contributed by atoms with E-state index in [1.165, 1.54) is 151 Å². The van der Waals surface area contributed by atoms with Gasteiger partial charge in [-0.15, -0.1) is 0 Å². The van der Waals surface area contributed by atoms with Crippen molar-refractivity contribution in [2.75, 3.05) is 11.5 Å². The summed E-state index contributed by atoms with van der Waals surface area (Å²) in [6, 6.07) is 0. The summed E-state index contributed by atoms with van der Waals surface area (Å²) in [4.78, 5) is 2.13. The SMILES string of the molecule is CCCCCCCCCCCCS.CCCCCCCCCCCCS.[CH3][SnH]. The average molecular weight is 540 g/mol. The minimum absolute atomic E-state index is 1.07. The average Bonchev–Trinajstić information content (AvgIpc) is 2.73. The van der Waals surface area contributed by atoms with Gasteiger partial charge in [-0.05, 0) is 24.3 Å². The first-order valence-electron chi connectivity index (χ1n) is 12.6. The van der Waals surface area contributed by atoms with Crippen LogP contribution in [0.4, 0.5) is 0 Å². The summed E-state index contributed by atoms with van der Waals surface area (Å²) in [5.41, 5.74) is 0. The van der Waals surface area contributed by atoms with Crippen LogP contribution >= 0.6 is 25.3 Å². The molecule has 0 nitrogen and oxygen atoms in total. The molecule has 3 heteroatoms. The normalized spacial score (nSPS) is 10.1. The van der Waals surface area contributed by atoms with Gasteiger partial charge in [-0.3, -0.25) is 0 Å². The van der Waals surface area contributed by atoms with Gasteiger partial charge in [0.25, 0.3) is 0 Å². The molecule has 172 valence electrons. The van der Waals surface area contributed by atoms with Crippen LogP contribution in [0.15, 0.2) is 0 Å². The zero-order valence-electron chi connectivity index (χ0n) is 20.0. The van der Waals surface area contributed by atoms with Crippen molar-refractivity contribution < 1.29 is 0 Å². The van der Waals surface area contributed by atoms with Crippen LogP contribution in [0.1, 0.15) is 142 Å². The number of rotatable bonds is 20. The van der Waals surface area contributed by atoms with Gasteiger partial charge in [-0.2, -0.15) is 25.3 Å². The number of hydrogen-bond donors (Lipinski definition) is 2. The maximum absolute atomic E-state index is 4.20. The molecule has 0 aliphatic rings. The molecule has 0 saturated heterocycles. The van der Waals surface area contributed by atoms with Gasteiger partial charge in [-0.1, -0.05) is 129 Å². The maximum atomic E-state index is 4.20. The second-order valence-corrected chi connectivity index (χ2v) is 8.71. The third-order valence-corrected chi connectivity index (χ3v) is 5.66. The molecular weight excluding hydrogens is 483 g/mol. The van der Waals surface area contributed by atoms with Crippen molar-refractivity contribution in [1.29, 1.82) is 0 Å². The van der Waals surface area contributed by atoms with Crippen molar-refractivity contribution >= 4 is 47.8 Å². The standard InChI is InChI=1S/2C12H26S.CH3.Sn.H/c2*1-2-3-4-5-6-7-8-9-10-11-12-13;;;/h2*13H,2-12H2,1H3;1H3;;. The fraction of sp³-hybridized carbons (Fsp3) is 1.00. The Labute approximate surface area is 205 Å². The molecular formula is C25H56S2Sn. The van der Waals surface area contributed by atoms with Crippen molar-refractivity contribution in [2.45, 2.75) is 147 Å². The summed E-state index contributed by atoms with van der Waals surface area (Å²) in [6.07, 6.45) is 28.4. The van der Waals surface area contributed by atoms with E-state index in [9.17, 15) is 0 Å². The summed E-state index contributed by atoms with van der Waals surface area (Å²) in [6.45, 7) is 4.55. The molecule has 0 heterocycles. The Morgan fingerprint density at radius 1 is 0.357 bits per heavy atom. The van der Waals surface area contributed by atoms with Crippen LogP contribution in [0.2, 0.25) is 4.94 Å². The minimum atomic E-state index is 1.07. The third kappa shape index (κ3) is 41.8. The molecule has 0 N–H and O–H groups in total. The van der Waals surface area contributed by atoms with Crippen LogP contribution in [0.3, 0.4) is 0 Å². The molecule has 0 rings (SSSR count). The van der Waals surface area contributed by atoms with E-state index in [1.807, 2.05) is 0 Å². The van der Waals surface area contributed by atoms with Crippen LogP contribution in [0, 0.1) is 0 Å². The number of unbranched alkanes of at least 4 members (excludes halogenated alkanes) is 18. The first-order valence-corrected chi connectivity index (χ1v) is 17.2. The van der Waals surface area contributed by atoms with Crippen LogP contribution in [0.25, 0.3) is 0 Å². The molecule has 0 fully saturated rings.